The first-order chi connectivity index (χ1) is 6.95. The highest BCUT2D eigenvalue weighted by molar-refractivity contribution is 5.83. The summed E-state index contributed by atoms with van der Waals surface area (Å²) in [6.07, 6.45) is 0.700. The molecule has 0 heterocycles. The van der Waals surface area contributed by atoms with Crippen molar-refractivity contribution in [3.8, 4) is 0 Å². The highest BCUT2D eigenvalue weighted by Crippen LogP contribution is 2.55. The van der Waals surface area contributed by atoms with Crippen molar-refractivity contribution in [3.63, 3.8) is 0 Å². The highest BCUT2D eigenvalue weighted by atomic mass is 16.4. The fourth-order valence-corrected chi connectivity index (χ4v) is 3.20. The number of hydrogen-bond acceptors (Lipinski definition) is 2. The van der Waals surface area contributed by atoms with Crippen LogP contribution in [-0.2, 0) is 9.59 Å². The maximum absolute atomic E-state index is 11.1. The van der Waals surface area contributed by atoms with Crippen LogP contribution in [0.1, 0.15) is 20.3 Å². The smallest absolute Gasteiger partial charge is 0.308 e. The number of aliphatic carboxylic acids is 2. The summed E-state index contributed by atoms with van der Waals surface area (Å²) in [7, 11) is 0. The second kappa shape index (κ2) is 3.08. The summed E-state index contributed by atoms with van der Waals surface area (Å²) in [5, 5.41) is 18.1. The Bertz CT molecular complexity index is 335. The first-order valence-electron chi connectivity index (χ1n) is 5.08. The lowest BCUT2D eigenvalue weighted by molar-refractivity contribution is -0.154. The van der Waals surface area contributed by atoms with Crippen molar-refractivity contribution < 1.29 is 19.8 Å². The molecule has 4 unspecified atom stereocenters. The molecule has 82 valence electrons. The first-order valence-corrected chi connectivity index (χ1v) is 5.08. The van der Waals surface area contributed by atoms with Crippen molar-refractivity contribution in [1.82, 2.24) is 0 Å². The van der Waals surface area contributed by atoms with Crippen LogP contribution in [-0.4, -0.2) is 22.2 Å². The lowest BCUT2D eigenvalue weighted by Crippen LogP contribution is -2.35. The average Bonchev–Trinajstić information content (AvgIpc) is 2.64. The quantitative estimate of drug-likeness (QED) is 0.675. The molecule has 4 atom stereocenters. The molecule has 1 saturated carbocycles. The first kappa shape index (κ1) is 10.2. The molecule has 0 aromatic rings. The number of carboxylic acid groups (broad SMARTS) is 2. The van der Waals surface area contributed by atoms with Crippen LogP contribution in [0.15, 0.2) is 11.1 Å². The van der Waals surface area contributed by atoms with E-state index in [1.54, 1.807) is 0 Å². The van der Waals surface area contributed by atoms with Gasteiger partial charge in [-0.15, -0.1) is 0 Å². The van der Waals surface area contributed by atoms with Crippen molar-refractivity contribution in [2.75, 3.05) is 0 Å². The van der Waals surface area contributed by atoms with Crippen LogP contribution >= 0.6 is 0 Å². The second-order valence-corrected chi connectivity index (χ2v) is 4.54. The van der Waals surface area contributed by atoms with Gasteiger partial charge in [-0.25, -0.2) is 0 Å². The lowest BCUT2D eigenvalue weighted by Gasteiger charge is -2.26. The van der Waals surface area contributed by atoms with Crippen molar-refractivity contribution in [2.45, 2.75) is 20.3 Å². The Morgan fingerprint density at radius 2 is 1.33 bits per heavy atom. The Hall–Kier alpha value is -1.32. The summed E-state index contributed by atoms with van der Waals surface area (Å²) in [5.41, 5.74) is 2.18. The van der Waals surface area contributed by atoms with Gasteiger partial charge >= 0.3 is 11.9 Å². The number of carbonyl (C=O) groups is 2. The second-order valence-electron chi connectivity index (χ2n) is 4.54. The third-order valence-corrected chi connectivity index (χ3v) is 4.07. The van der Waals surface area contributed by atoms with E-state index in [-0.39, 0.29) is 11.8 Å². The molecule has 0 saturated heterocycles. The molecular formula is C11H14O4. The van der Waals surface area contributed by atoms with Gasteiger partial charge in [-0.1, -0.05) is 11.1 Å². The summed E-state index contributed by atoms with van der Waals surface area (Å²) in [5.74, 6) is -3.52. The molecule has 2 rings (SSSR count). The van der Waals surface area contributed by atoms with Crippen LogP contribution in [0.3, 0.4) is 0 Å². The van der Waals surface area contributed by atoms with Gasteiger partial charge < -0.3 is 10.2 Å². The van der Waals surface area contributed by atoms with E-state index in [0.717, 1.165) is 11.1 Å². The van der Waals surface area contributed by atoms with E-state index in [9.17, 15) is 9.59 Å². The molecule has 0 aromatic carbocycles. The molecule has 2 aliphatic rings. The minimum atomic E-state index is -0.971. The Balaban J connectivity index is 2.42. The minimum absolute atomic E-state index is 0.0615. The van der Waals surface area contributed by atoms with E-state index < -0.39 is 23.8 Å². The number of carboxylic acids is 2. The zero-order valence-corrected chi connectivity index (χ0v) is 8.73. The molecule has 1 fully saturated rings. The van der Waals surface area contributed by atoms with E-state index >= 15 is 0 Å². The molecule has 2 aliphatic carbocycles. The van der Waals surface area contributed by atoms with Crippen molar-refractivity contribution in [3.05, 3.63) is 11.1 Å². The van der Waals surface area contributed by atoms with Gasteiger partial charge in [0, 0.05) is 0 Å². The zero-order chi connectivity index (χ0) is 11.3. The molecule has 0 spiro atoms. The Kier molecular flexibility index (Phi) is 2.10. The van der Waals surface area contributed by atoms with E-state index in [1.807, 2.05) is 13.8 Å². The molecular weight excluding hydrogens is 196 g/mol. The maximum Gasteiger partial charge on any atom is 0.308 e. The molecule has 0 radical (unpaired) electrons. The Labute approximate surface area is 87.6 Å². The molecule has 0 aliphatic heterocycles. The summed E-state index contributed by atoms with van der Waals surface area (Å²) in [6.45, 7) is 3.85. The van der Waals surface area contributed by atoms with Gasteiger partial charge in [0.1, 0.15) is 0 Å². The molecule has 4 heteroatoms. The fourth-order valence-electron chi connectivity index (χ4n) is 3.20. The van der Waals surface area contributed by atoms with Crippen LogP contribution < -0.4 is 0 Å². The van der Waals surface area contributed by atoms with Gasteiger partial charge in [0.15, 0.2) is 0 Å². The van der Waals surface area contributed by atoms with E-state index in [1.165, 1.54) is 0 Å². The molecule has 4 nitrogen and oxygen atoms in total. The third-order valence-electron chi connectivity index (χ3n) is 4.07. The van der Waals surface area contributed by atoms with Crippen molar-refractivity contribution >= 4 is 11.9 Å². The highest BCUT2D eigenvalue weighted by Gasteiger charge is 2.55. The zero-order valence-electron chi connectivity index (χ0n) is 8.73. The van der Waals surface area contributed by atoms with Crippen LogP contribution in [0.25, 0.3) is 0 Å². The van der Waals surface area contributed by atoms with Crippen LogP contribution in [0.5, 0.6) is 0 Å². The molecule has 2 bridgehead atoms. The van der Waals surface area contributed by atoms with E-state index in [2.05, 4.69) is 0 Å². The third kappa shape index (κ3) is 1.20. The lowest BCUT2D eigenvalue weighted by atomic mass is 9.76. The predicted octanol–water partition coefficient (Wildman–Crippen LogP) is 1.37. The number of fused-ring (bicyclic) bond motifs is 2. The summed E-state index contributed by atoms with van der Waals surface area (Å²) >= 11 is 0. The molecule has 2 N–H and O–H groups in total. The van der Waals surface area contributed by atoms with Crippen LogP contribution in [0.4, 0.5) is 0 Å². The Morgan fingerprint density at radius 3 is 1.60 bits per heavy atom. The number of hydrogen-bond donors (Lipinski definition) is 2. The van der Waals surface area contributed by atoms with Crippen LogP contribution in [0.2, 0.25) is 0 Å². The van der Waals surface area contributed by atoms with E-state index in [0.29, 0.717) is 6.42 Å². The largest absolute Gasteiger partial charge is 0.481 e. The number of allylic oxidation sites excluding steroid dienone is 2. The van der Waals surface area contributed by atoms with Crippen molar-refractivity contribution in [2.24, 2.45) is 23.7 Å². The Morgan fingerprint density at radius 1 is 1.00 bits per heavy atom. The predicted molar refractivity (Wildman–Crippen MR) is 52.2 cm³/mol. The monoisotopic (exact) mass is 210 g/mol. The van der Waals surface area contributed by atoms with Crippen LogP contribution in [0, 0.1) is 23.7 Å². The molecule has 0 aromatic heterocycles. The topological polar surface area (TPSA) is 74.6 Å². The van der Waals surface area contributed by atoms with Gasteiger partial charge in [-0.3, -0.25) is 9.59 Å². The van der Waals surface area contributed by atoms with Gasteiger partial charge in [0.2, 0.25) is 0 Å². The number of rotatable bonds is 2. The average molecular weight is 210 g/mol. The SMILES string of the molecule is CC1=C(C)C2CC1C(C(=O)O)C2C(=O)O. The van der Waals surface area contributed by atoms with Gasteiger partial charge in [0.25, 0.3) is 0 Å². The standard InChI is InChI=1S/C11H14O4/c1-4-5(2)7-3-6(4)8(10(12)13)9(7)11(14)15/h6-9H,3H2,1-2H3,(H,12,13)(H,14,15). The normalized spacial score (nSPS) is 38.5. The summed E-state index contributed by atoms with van der Waals surface area (Å²) < 4.78 is 0. The van der Waals surface area contributed by atoms with Crippen molar-refractivity contribution in [1.29, 1.82) is 0 Å². The van der Waals surface area contributed by atoms with E-state index in [4.69, 9.17) is 10.2 Å². The summed E-state index contributed by atoms with van der Waals surface area (Å²) in [4.78, 5) is 22.1. The summed E-state index contributed by atoms with van der Waals surface area (Å²) in [6, 6.07) is 0. The fraction of sp³-hybridized carbons (Fsp3) is 0.636. The minimum Gasteiger partial charge on any atom is -0.481 e. The molecule has 0 amide bonds. The molecule has 15 heavy (non-hydrogen) atoms. The van der Waals surface area contributed by atoms with Gasteiger partial charge in [0.05, 0.1) is 11.8 Å². The van der Waals surface area contributed by atoms with Gasteiger partial charge in [-0.05, 0) is 32.1 Å². The van der Waals surface area contributed by atoms with Gasteiger partial charge in [-0.2, -0.15) is 0 Å². The maximum atomic E-state index is 11.1.